The maximum Gasteiger partial charge on any atom is 0.337 e. The summed E-state index contributed by atoms with van der Waals surface area (Å²) >= 11 is -1.48. The van der Waals surface area contributed by atoms with Gasteiger partial charge in [-0.2, -0.15) is 0 Å². The molecule has 0 saturated carbocycles. The second kappa shape index (κ2) is 6.24. The molecule has 0 radical (unpaired) electrons. The van der Waals surface area contributed by atoms with Gasteiger partial charge in [0.15, 0.2) is 21.2 Å². The van der Waals surface area contributed by atoms with Crippen LogP contribution in [0.4, 0.5) is 0 Å². The number of hydrogen-bond donors (Lipinski definition) is 1. The molecule has 0 unspecified atom stereocenters. The van der Waals surface area contributed by atoms with Crippen molar-refractivity contribution in [3.8, 4) is 5.75 Å². The van der Waals surface area contributed by atoms with Gasteiger partial charge >= 0.3 is 5.97 Å². The summed E-state index contributed by atoms with van der Waals surface area (Å²) in [5.74, 6) is -0.570. The average molecular weight is 366 g/mol. The van der Waals surface area contributed by atoms with Crippen LogP contribution in [0, 0.1) is 3.57 Å². The van der Waals surface area contributed by atoms with E-state index >= 15 is 0 Å². The number of nitrogens with zero attached hydrogens (tertiary/aromatic N) is 1. The summed E-state index contributed by atoms with van der Waals surface area (Å²) in [6.45, 7) is 1.33. The second-order valence-electron chi connectivity index (χ2n) is 4.89. The zero-order chi connectivity index (χ0) is 13.8. The van der Waals surface area contributed by atoms with Crippen molar-refractivity contribution in [3.05, 3.63) is 27.3 Å². The highest BCUT2D eigenvalue weighted by Crippen LogP contribution is 2.22. The number of quaternary nitrogens is 1. The summed E-state index contributed by atoms with van der Waals surface area (Å²) in [6.07, 6.45) is 0. The minimum absolute atomic E-state index is 0.0700. The van der Waals surface area contributed by atoms with Crippen LogP contribution in [0.3, 0.4) is 0 Å². The van der Waals surface area contributed by atoms with Crippen LogP contribution in [-0.2, 0) is 3.07 Å². The van der Waals surface area contributed by atoms with Gasteiger partial charge in [0.1, 0.15) is 18.9 Å². The number of benzene rings is 1. The molecule has 1 aromatic carbocycles. The van der Waals surface area contributed by atoms with Crippen LogP contribution < -0.4 is 4.74 Å². The lowest BCUT2D eigenvalue weighted by Gasteiger charge is -2.23. The van der Waals surface area contributed by atoms with Gasteiger partial charge in [-0.05, 0) is 18.2 Å². The first-order valence-corrected chi connectivity index (χ1v) is 7.37. The topological polar surface area (TPSA) is 63.6 Å². The molecule has 0 heterocycles. The maximum absolute atomic E-state index is 11.0. The Kier molecular flexibility index (Phi) is 5.21. The number of rotatable bonds is 6. The van der Waals surface area contributed by atoms with E-state index in [1.165, 1.54) is 6.07 Å². The summed E-state index contributed by atoms with van der Waals surface area (Å²) in [7, 11) is 6.16. The SMILES string of the molecule is C[N+](C)(C)CCOc1ccc(I=O)c(C(=O)O)c1. The largest absolute Gasteiger partial charge is 0.488 e. The van der Waals surface area contributed by atoms with E-state index in [2.05, 4.69) is 21.1 Å². The van der Waals surface area contributed by atoms with Crippen molar-refractivity contribution in [3.63, 3.8) is 0 Å². The first-order chi connectivity index (χ1) is 8.33. The number of carboxylic acid groups (broad SMARTS) is 1. The van der Waals surface area contributed by atoms with Gasteiger partial charge in [0, 0.05) is 0 Å². The van der Waals surface area contributed by atoms with E-state index in [0.717, 1.165) is 11.0 Å². The monoisotopic (exact) mass is 366 g/mol. The average Bonchev–Trinajstić information content (AvgIpc) is 2.27. The molecule has 1 aromatic rings. The van der Waals surface area contributed by atoms with E-state index < -0.39 is 27.2 Å². The quantitative estimate of drug-likeness (QED) is 0.618. The maximum atomic E-state index is 11.0. The van der Waals surface area contributed by atoms with E-state index in [9.17, 15) is 7.86 Å². The number of ether oxygens (including phenoxy) is 1. The molecule has 0 aromatic heterocycles. The van der Waals surface area contributed by atoms with Crippen molar-refractivity contribution in [2.45, 2.75) is 0 Å². The van der Waals surface area contributed by atoms with Crippen LogP contribution >= 0.6 is 21.2 Å². The molecule has 6 heteroatoms. The molecule has 18 heavy (non-hydrogen) atoms. The molecule has 0 aliphatic carbocycles. The van der Waals surface area contributed by atoms with Gasteiger partial charge in [-0.3, -0.25) is 3.07 Å². The first-order valence-electron chi connectivity index (χ1n) is 5.41. The molecule has 0 spiro atoms. The molecule has 0 bridgehead atoms. The minimum Gasteiger partial charge on any atom is -0.488 e. The fourth-order valence-electron chi connectivity index (χ4n) is 1.26. The Morgan fingerprint density at radius 2 is 2.06 bits per heavy atom. The third-order valence-corrected chi connectivity index (χ3v) is 3.70. The van der Waals surface area contributed by atoms with Crippen molar-refractivity contribution in [1.82, 2.24) is 0 Å². The molecule has 1 rings (SSSR count). The molecular weight excluding hydrogens is 349 g/mol. The van der Waals surface area contributed by atoms with Gasteiger partial charge in [0.2, 0.25) is 0 Å². The predicted molar refractivity (Wildman–Crippen MR) is 75.2 cm³/mol. The van der Waals surface area contributed by atoms with Gasteiger partial charge in [-0.1, -0.05) is 0 Å². The van der Waals surface area contributed by atoms with E-state index in [-0.39, 0.29) is 5.56 Å². The molecule has 0 amide bonds. The molecule has 0 atom stereocenters. The lowest BCUT2D eigenvalue weighted by molar-refractivity contribution is -0.870. The minimum atomic E-state index is -1.48. The number of hydrogen-bond acceptors (Lipinski definition) is 3. The molecule has 1 N–H and O–H groups in total. The predicted octanol–water partition coefficient (Wildman–Crippen LogP) is 1.96. The lowest BCUT2D eigenvalue weighted by atomic mass is 10.2. The highest BCUT2D eigenvalue weighted by molar-refractivity contribution is 14.1. The van der Waals surface area contributed by atoms with Crippen molar-refractivity contribution in [2.24, 2.45) is 0 Å². The molecule has 0 saturated heterocycles. The lowest BCUT2D eigenvalue weighted by Crippen LogP contribution is -2.38. The van der Waals surface area contributed by atoms with Gasteiger partial charge < -0.3 is 14.3 Å². The molecular formula is C12H17INO4+. The Labute approximate surface area is 117 Å². The summed E-state index contributed by atoms with van der Waals surface area (Å²) in [5.41, 5.74) is 0.0700. The molecule has 0 fully saturated rings. The van der Waals surface area contributed by atoms with Crippen LogP contribution in [0.2, 0.25) is 0 Å². The summed E-state index contributed by atoms with van der Waals surface area (Å²) in [6, 6.07) is 4.66. The molecule has 100 valence electrons. The third-order valence-electron chi connectivity index (χ3n) is 2.28. The van der Waals surface area contributed by atoms with Crippen LogP contribution in [0.1, 0.15) is 10.4 Å². The summed E-state index contributed by atoms with van der Waals surface area (Å²) < 4.78 is 17.6. The van der Waals surface area contributed by atoms with Crippen molar-refractivity contribution < 1.29 is 22.2 Å². The molecule has 0 aliphatic rings. The summed E-state index contributed by atoms with van der Waals surface area (Å²) in [5, 5.41) is 9.00. The Morgan fingerprint density at radius 1 is 1.39 bits per heavy atom. The first kappa shape index (κ1) is 15.0. The highest BCUT2D eigenvalue weighted by atomic mass is 127. The Hall–Kier alpha value is -1.02. The highest BCUT2D eigenvalue weighted by Gasteiger charge is 2.12. The van der Waals surface area contributed by atoms with Crippen LogP contribution in [0.25, 0.3) is 0 Å². The number of halogens is 1. The molecule has 5 nitrogen and oxygen atoms in total. The van der Waals surface area contributed by atoms with Crippen molar-refractivity contribution in [1.29, 1.82) is 0 Å². The fourth-order valence-corrected chi connectivity index (χ4v) is 2.21. The van der Waals surface area contributed by atoms with Crippen LogP contribution in [0.15, 0.2) is 18.2 Å². The fraction of sp³-hybridized carbons (Fsp3) is 0.417. The second-order valence-corrected chi connectivity index (χ2v) is 6.49. The Balaban J connectivity index is 2.76. The van der Waals surface area contributed by atoms with Gasteiger partial charge in [-0.15, -0.1) is 0 Å². The van der Waals surface area contributed by atoms with E-state index in [1.807, 2.05) is 0 Å². The normalized spacial score (nSPS) is 11.3. The Morgan fingerprint density at radius 3 is 2.56 bits per heavy atom. The standard InChI is InChI=1S/C12H16INO4/c1-14(2,3)6-7-18-9-4-5-11(13-17)10(8-9)12(15)16/h4-5,8H,6-7H2,1-3H3/p+1. The zero-order valence-corrected chi connectivity index (χ0v) is 12.8. The van der Waals surface area contributed by atoms with Crippen LogP contribution in [0.5, 0.6) is 5.75 Å². The van der Waals surface area contributed by atoms with E-state index in [1.54, 1.807) is 12.1 Å². The zero-order valence-electron chi connectivity index (χ0n) is 10.6. The number of aromatic carboxylic acids is 1. The smallest absolute Gasteiger partial charge is 0.337 e. The van der Waals surface area contributed by atoms with E-state index in [4.69, 9.17) is 9.84 Å². The van der Waals surface area contributed by atoms with Gasteiger partial charge in [0.25, 0.3) is 0 Å². The van der Waals surface area contributed by atoms with Crippen LogP contribution in [-0.4, -0.2) is 49.9 Å². The number of carbonyl (C=O) groups is 1. The van der Waals surface area contributed by atoms with Crippen molar-refractivity contribution in [2.75, 3.05) is 34.3 Å². The van der Waals surface area contributed by atoms with Gasteiger partial charge in [0.05, 0.1) is 30.3 Å². The number of carboxylic acids is 1. The third kappa shape index (κ3) is 4.69. The number of likely N-dealkylation sites (N-methyl/N-ethyl adjacent to an activating group) is 1. The molecule has 0 aliphatic heterocycles. The van der Waals surface area contributed by atoms with E-state index in [0.29, 0.717) is 15.9 Å². The van der Waals surface area contributed by atoms with Gasteiger partial charge in [-0.25, -0.2) is 4.79 Å². The van der Waals surface area contributed by atoms with Crippen molar-refractivity contribution >= 4 is 27.2 Å². The Bertz CT molecular complexity index is 454. The summed E-state index contributed by atoms with van der Waals surface area (Å²) in [4.78, 5) is 11.0.